The van der Waals surface area contributed by atoms with E-state index in [1.54, 1.807) is 4.90 Å². The number of rotatable bonds is 4. The molecule has 2 aliphatic carbocycles. The van der Waals surface area contributed by atoms with E-state index in [-0.39, 0.29) is 6.03 Å². The fourth-order valence-corrected chi connectivity index (χ4v) is 4.22. The van der Waals surface area contributed by atoms with Gasteiger partial charge in [-0.25, -0.2) is 4.79 Å². The number of carbonyl (C=O) groups is 1. The monoisotopic (exact) mass is 281 g/mol. The normalized spacial score (nSPS) is 32.8. The van der Waals surface area contributed by atoms with Gasteiger partial charge in [-0.05, 0) is 39.0 Å². The van der Waals surface area contributed by atoms with Gasteiger partial charge in [-0.3, -0.25) is 0 Å². The van der Waals surface area contributed by atoms with E-state index in [0.29, 0.717) is 23.6 Å². The van der Waals surface area contributed by atoms with Crippen molar-refractivity contribution in [2.45, 2.75) is 63.6 Å². The maximum absolute atomic E-state index is 11.1. The number of urea groups is 1. The van der Waals surface area contributed by atoms with Crippen molar-refractivity contribution in [3.63, 3.8) is 0 Å². The molecule has 0 aromatic heterocycles. The Morgan fingerprint density at radius 1 is 1.40 bits per heavy atom. The number of nitrogens with one attached hydrogen (secondary N) is 1. The number of hydrogen-bond acceptors (Lipinski definition) is 3. The predicted octanol–water partition coefficient (Wildman–Crippen LogP) is 1.47. The Morgan fingerprint density at radius 3 is 2.60 bits per heavy atom. The largest absolute Gasteiger partial charge is 0.378 e. The summed E-state index contributed by atoms with van der Waals surface area (Å²) in [6, 6.07) is 0.882. The van der Waals surface area contributed by atoms with Crippen molar-refractivity contribution in [1.82, 2.24) is 10.2 Å². The fourth-order valence-electron chi connectivity index (χ4n) is 4.22. The molecule has 114 valence electrons. The van der Waals surface area contributed by atoms with Gasteiger partial charge in [0.1, 0.15) is 0 Å². The zero-order valence-corrected chi connectivity index (χ0v) is 12.4. The fraction of sp³-hybridized carbons (Fsp3) is 0.933. The molecular weight excluding hydrogens is 254 g/mol. The topological polar surface area (TPSA) is 67.6 Å². The van der Waals surface area contributed by atoms with E-state index in [0.717, 1.165) is 39.0 Å². The SMILES string of the molecule is CCOC1CC(NC2CCN(C(N)=O)CC2)C12CCC2. The molecule has 3 fully saturated rings. The van der Waals surface area contributed by atoms with Crippen molar-refractivity contribution in [2.24, 2.45) is 11.1 Å². The Morgan fingerprint density at radius 2 is 2.10 bits per heavy atom. The van der Waals surface area contributed by atoms with Crippen LogP contribution in [0.2, 0.25) is 0 Å². The van der Waals surface area contributed by atoms with Gasteiger partial charge in [0.15, 0.2) is 0 Å². The molecule has 1 heterocycles. The predicted molar refractivity (Wildman–Crippen MR) is 77.4 cm³/mol. The lowest BCUT2D eigenvalue weighted by Gasteiger charge is -2.62. The Kier molecular flexibility index (Phi) is 3.91. The van der Waals surface area contributed by atoms with Crippen LogP contribution in [0, 0.1) is 5.41 Å². The van der Waals surface area contributed by atoms with Gasteiger partial charge in [-0.2, -0.15) is 0 Å². The number of nitrogens with zero attached hydrogens (tertiary/aromatic N) is 1. The molecule has 0 radical (unpaired) electrons. The van der Waals surface area contributed by atoms with E-state index in [1.165, 1.54) is 19.3 Å². The minimum atomic E-state index is -0.279. The summed E-state index contributed by atoms with van der Waals surface area (Å²) in [6.45, 7) is 4.51. The molecule has 0 aromatic carbocycles. The van der Waals surface area contributed by atoms with E-state index in [4.69, 9.17) is 10.5 Å². The van der Waals surface area contributed by atoms with Gasteiger partial charge in [0.25, 0.3) is 0 Å². The minimum Gasteiger partial charge on any atom is -0.378 e. The van der Waals surface area contributed by atoms with Crippen molar-refractivity contribution in [3.8, 4) is 0 Å². The summed E-state index contributed by atoms with van der Waals surface area (Å²) in [4.78, 5) is 12.9. The van der Waals surface area contributed by atoms with E-state index < -0.39 is 0 Å². The third-order valence-electron chi connectivity index (χ3n) is 5.68. The molecule has 0 aromatic rings. The maximum Gasteiger partial charge on any atom is 0.314 e. The van der Waals surface area contributed by atoms with Crippen LogP contribution >= 0.6 is 0 Å². The highest BCUT2D eigenvalue weighted by Crippen LogP contribution is 2.57. The molecule has 1 saturated heterocycles. The number of carbonyl (C=O) groups excluding carboxylic acids is 1. The van der Waals surface area contributed by atoms with Crippen LogP contribution in [0.3, 0.4) is 0 Å². The first-order valence-corrected chi connectivity index (χ1v) is 8.08. The number of nitrogens with two attached hydrogens (primary N) is 1. The van der Waals surface area contributed by atoms with Gasteiger partial charge in [-0.15, -0.1) is 0 Å². The average molecular weight is 281 g/mol. The van der Waals surface area contributed by atoms with Crippen LogP contribution in [0.1, 0.15) is 45.4 Å². The van der Waals surface area contributed by atoms with Crippen LogP contribution < -0.4 is 11.1 Å². The zero-order valence-electron chi connectivity index (χ0n) is 12.4. The lowest BCUT2D eigenvalue weighted by atomic mass is 9.51. The van der Waals surface area contributed by atoms with Crippen molar-refractivity contribution in [2.75, 3.05) is 19.7 Å². The maximum atomic E-state index is 11.1. The quantitative estimate of drug-likeness (QED) is 0.820. The number of piperidine rings is 1. The van der Waals surface area contributed by atoms with Crippen molar-refractivity contribution in [1.29, 1.82) is 0 Å². The van der Waals surface area contributed by atoms with Gasteiger partial charge in [0.2, 0.25) is 0 Å². The lowest BCUT2D eigenvalue weighted by Crippen LogP contribution is -2.68. The van der Waals surface area contributed by atoms with Gasteiger partial charge >= 0.3 is 6.03 Å². The first-order chi connectivity index (χ1) is 9.65. The first kappa shape index (κ1) is 14.1. The number of likely N-dealkylation sites (tertiary alicyclic amines) is 1. The lowest BCUT2D eigenvalue weighted by molar-refractivity contribution is -0.175. The highest BCUT2D eigenvalue weighted by molar-refractivity contribution is 5.72. The summed E-state index contributed by atoms with van der Waals surface area (Å²) in [5.74, 6) is 0. The Hall–Kier alpha value is -0.810. The van der Waals surface area contributed by atoms with Crippen molar-refractivity contribution < 1.29 is 9.53 Å². The standard InChI is InChI=1S/C15H27N3O2/c1-2-20-13-10-12(15(13)6-3-7-15)17-11-4-8-18(9-5-11)14(16)19/h11-13,17H,2-10H2,1H3,(H2,16,19). The highest BCUT2D eigenvalue weighted by Gasteiger charge is 2.59. The minimum absolute atomic E-state index is 0.279. The summed E-state index contributed by atoms with van der Waals surface area (Å²) in [7, 11) is 0. The second-order valence-electron chi connectivity index (χ2n) is 6.59. The van der Waals surface area contributed by atoms with Crippen LogP contribution in [0.15, 0.2) is 0 Å². The van der Waals surface area contributed by atoms with Gasteiger partial charge in [0.05, 0.1) is 6.10 Å². The number of hydrogen-bond donors (Lipinski definition) is 2. The molecule has 3 rings (SSSR count). The van der Waals surface area contributed by atoms with Crippen molar-refractivity contribution >= 4 is 6.03 Å². The Balaban J connectivity index is 1.49. The molecule has 20 heavy (non-hydrogen) atoms. The average Bonchev–Trinajstić information content (AvgIpc) is 2.36. The van der Waals surface area contributed by atoms with Gasteiger partial charge in [-0.1, -0.05) is 6.42 Å². The summed E-state index contributed by atoms with van der Waals surface area (Å²) in [5.41, 5.74) is 5.75. The third-order valence-corrected chi connectivity index (χ3v) is 5.68. The smallest absolute Gasteiger partial charge is 0.314 e. The number of amides is 2. The van der Waals surface area contributed by atoms with Gasteiger partial charge < -0.3 is 20.7 Å². The van der Waals surface area contributed by atoms with Gasteiger partial charge in [0, 0.05) is 37.2 Å². The molecule has 5 heteroatoms. The van der Waals surface area contributed by atoms with E-state index in [2.05, 4.69) is 12.2 Å². The summed E-state index contributed by atoms with van der Waals surface area (Å²) in [6.07, 6.45) is 7.66. The molecule has 1 spiro atoms. The molecule has 0 bridgehead atoms. The summed E-state index contributed by atoms with van der Waals surface area (Å²) in [5, 5.41) is 3.84. The second kappa shape index (κ2) is 5.53. The van der Waals surface area contributed by atoms with E-state index >= 15 is 0 Å². The molecule has 2 saturated carbocycles. The molecule has 3 aliphatic rings. The van der Waals surface area contributed by atoms with E-state index in [9.17, 15) is 4.79 Å². The molecule has 2 atom stereocenters. The molecule has 2 unspecified atom stereocenters. The zero-order chi connectivity index (χ0) is 14.2. The van der Waals surface area contributed by atoms with Crippen molar-refractivity contribution in [3.05, 3.63) is 0 Å². The second-order valence-corrected chi connectivity index (χ2v) is 6.59. The molecule has 5 nitrogen and oxygen atoms in total. The number of ether oxygens (including phenoxy) is 1. The molecular formula is C15H27N3O2. The Bertz CT molecular complexity index is 362. The summed E-state index contributed by atoms with van der Waals surface area (Å²) < 4.78 is 5.89. The molecule has 1 aliphatic heterocycles. The number of primary amides is 1. The first-order valence-electron chi connectivity index (χ1n) is 8.08. The Labute approximate surface area is 121 Å². The molecule has 2 amide bonds. The van der Waals surface area contributed by atoms with Crippen LogP contribution in [0.5, 0.6) is 0 Å². The highest BCUT2D eigenvalue weighted by atomic mass is 16.5. The van der Waals surface area contributed by atoms with Crippen LogP contribution in [-0.4, -0.2) is 48.8 Å². The third kappa shape index (κ3) is 2.31. The van der Waals surface area contributed by atoms with Crippen LogP contribution in [-0.2, 0) is 4.74 Å². The van der Waals surface area contributed by atoms with Crippen LogP contribution in [0.4, 0.5) is 4.79 Å². The molecule has 3 N–H and O–H groups in total. The van der Waals surface area contributed by atoms with E-state index in [1.807, 2.05) is 0 Å². The summed E-state index contributed by atoms with van der Waals surface area (Å²) >= 11 is 0. The van der Waals surface area contributed by atoms with Crippen LogP contribution in [0.25, 0.3) is 0 Å².